The van der Waals surface area contributed by atoms with Gasteiger partial charge in [-0.05, 0) is 6.92 Å². The van der Waals surface area contributed by atoms with Crippen molar-refractivity contribution >= 4 is 23.5 Å². The van der Waals surface area contributed by atoms with Crippen LogP contribution in [0.15, 0.2) is 0 Å². The Labute approximate surface area is 75.8 Å². The molecule has 70 valence electrons. The highest BCUT2D eigenvalue weighted by Crippen LogP contribution is 1.97. The molecule has 0 spiro atoms. The highest BCUT2D eigenvalue weighted by Gasteiger charge is 2.10. The zero-order valence-electron chi connectivity index (χ0n) is 7.00. The molecule has 12 heavy (non-hydrogen) atoms. The fraction of sp³-hybridized carbons (Fsp3) is 0.714. The minimum Gasteiger partial charge on any atom is -0.469 e. The molecule has 0 aromatic carbocycles. The number of ether oxygens (including phenoxy) is 2. The highest BCUT2D eigenvalue weighted by atomic mass is 35.5. The lowest BCUT2D eigenvalue weighted by atomic mass is 10.4. The van der Waals surface area contributed by atoms with E-state index in [-0.39, 0.29) is 13.0 Å². The summed E-state index contributed by atoms with van der Waals surface area (Å²) in [6.07, 6.45) is 0.0614. The van der Waals surface area contributed by atoms with Gasteiger partial charge in [0.1, 0.15) is 12.0 Å². The maximum Gasteiger partial charge on any atom is 0.323 e. The number of carbonyl (C=O) groups excluding carboxylic acids is 2. The number of halogens is 1. The van der Waals surface area contributed by atoms with E-state index in [0.29, 0.717) is 0 Å². The molecule has 0 radical (unpaired) electrons. The number of carbonyl (C=O) groups is 2. The lowest BCUT2D eigenvalue weighted by Gasteiger charge is -2.04. The molecule has 0 heterocycles. The van der Waals surface area contributed by atoms with Gasteiger partial charge in [-0.15, -0.1) is 11.6 Å². The smallest absolute Gasteiger partial charge is 0.323 e. The van der Waals surface area contributed by atoms with Crippen molar-refractivity contribution in [3.63, 3.8) is 0 Å². The number of rotatable bonds is 4. The molecule has 1 atom stereocenters. The number of methoxy groups -OCH3 is 1. The monoisotopic (exact) mass is 194 g/mol. The summed E-state index contributed by atoms with van der Waals surface area (Å²) in [4.78, 5) is 21.2. The van der Waals surface area contributed by atoms with Gasteiger partial charge in [0.15, 0.2) is 0 Å². The van der Waals surface area contributed by atoms with Gasteiger partial charge < -0.3 is 9.47 Å². The van der Waals surface area contributed by atoms with E-state index in [2.05, 4.69) is 9.47 Å². The maximum absolute atomic E-state index is 10.7. The summed E-state index contributed by atoms with van der Waals surface area (Å²) >= 11 is 5.39. The summed E-state index contributed by atoms with van der Waals surface area (Å²) in [5.41, 5.74) is 0. The van der Waals surface area contributed by atoms with E-state index in [4.69, 9.17) is 11.6 Å². The largest absolute Gasteiger partial charge is 0.469 e. The molecular weight excluding hydrogens is 184 g/mol. The molecule has 0 aliphatic heterocycles. The maximum atomic E-state index is 10.7. The van der Waals surface area contributed by atoms with Gasteiger partial charge in [-0.3, -0.25) is 9.59 Å². The molecule has 0 saturated heterocycles. The fourth-order valence-electron chi connectivity index (χ4n) is 0.452. The van der Waals surface area contributed by atoms with E-state index in [0.717, 1.165) is 0 Å². The van der Waals surface area contributed by atoms with Crippen LogP contribution in [0.5, 0.6) is 0 Å². The second-order valence-corrected chi connectivity index (χ2v) is 2.76. The Morgan fingerprint density at radius 1 is 1.50 bits per heavy atom. The van der Waals surface area contributed by atoms with Gasteiger partial charge in [-0.2, -0.15) is 0 Å². The van der Waals surface area contributed by atoms with Gasteiger partial charge in [0.05, 0.1) is 13.5 Å². The lowest BCUT2D eigenvalue weighted by molar-refractivity contribution is -0.147. The first kappa shape index (κ1) is 11.2. The topological polar surface area (TPSA) is 52.6 Å². The van der Waals surface area contributed by atoms with E-state index < -0.39 is 17.3 Å². The highest BCUT2D eigenvalue weighted by molar-refractivity contribution is 6.29. The number of alkyl halides is 1. The summed E-state index contributed by atoms with van der Waals surface area (Å²) in [5, 5.41) is -0.678. The summed E-state index contributed by atoms with van der Waals surface area (Å²) in [7, 11) is 1.27. The Morgan fingerprint density at radius 2 is 2.08 bits per heavy atom. The third-order valence-corrected chi connectivity index (χ3v) is 1.28. The van der Waals surface area contributed by atoms with E-state index in [1.165, 1.54) is 14.0 Å². The second-order valence-electron chi connectivity index (χ2n) is 2.11. The first-order valence-corrected chi connectivity index (χ1v) is 3.89. The van der Waals surface area contributed by atoms with Crippen LogP contribution < -0.4 is 0 Å². The van der Waals surface area contributed by atoms with E-state index in [1.807, 2.05) is 0 Å². The summed E-state index contributed by atoms with van der Waals surface area (Å²) in [6, 6.07) is 0. The number of esters is 2. The van der Waals surface area contributed by atoms with Gasteiger partial charge in [-0.1, -0.05) is 0 Å². The SMILES string of the molecule is COC(=O)CCOC(=O)C(C)Cl. The van der Waals surface area contributed by atoms with Crippen molar-refractivity contribution in [2.45, 2.75) is 18.7 Å². The van der Waals surface area contributed by atoms with E-state index in [9.17, 15) is 9.59 Å². The van der Waals surface area contributed by atoms with Crippen LogP contribution in [0.2, 0.25) is 0 Å². The number of hydrogen-bond donors (Lipinski definition) is 0. The first-order valence-electron chi connectivity index (χ1n) is 3.45. The first-order chi connectivity index (χ1) is 5.57. The standard InChI is InChI=1S/C7H11ClO4/c1-5(8)7(10)12-4-3-6(9)11-2/h5H,3-4H2,1-2H3. The molecule has 1 unspecified atom stereocenters. The third kappa shape index (κ3) is 4.96. The minimum absolute atomic E-state index is 0.0164. The summed E-state index contributed by atoms with van der Waals surface area (Å²) in [6.45, 7) is 1.52. The predicted octanol–water partition coefficient (Wildman–Crippen LogP) is 0.720. The molecule has 0 aliphatic rings. The van der Waals surface area contributed by atoms with Crippen LogP contribution in [0.3, 0.4) is 0 Å². The molecule has 0 aliphatic carbocycles. The quantitative estimate of drug-likeness (QED) is 0.489. The van der Waals surface area contributed by atoms with Crippen LogP contribution in [-0.4, -0.2) is 31.0 Å². The Hall–Kier alpha value is -0.770. The van der Waals surface area contributed by atoms with Crippen LogP contribution in [-0.2, 0) is 19.1 Å². The van der Waals surface area contributed by atoms with Crippen LogP contribution in [0.4, 0.5) is 0 Å². The molecular formula is C7H11ClO4. The minimum atomic E-state index is -0.678. The van der Waals surface area contributed by atoms with Crippen molar-refractivity contribution in [3.05, 3.63) is 0 Å². The molecule has 0 N–H and O–H groups in total. The normalized spacial score (nSPS) is 11.9. The van der Waals surface area contributed by atoms with Crippen molar-refractivity contribution in [1.82, 2.24) is 0 Å². The molecule has 5 heteroatoms. The Balaban J connectivity index is 3.44. The van der Waals surface area contributed by atoms with Gasteiger partial charge in [0.2, 0.25) is 0 Å². The van der Waals surface area contributed by atoms with Gasteiger partial charge >= 0.3 is 11.9 Å². The van der Waals surface area contributed by atoms with Crippen molar-refractivity contribution in [2.75, 3.05) is 13.7 Å². The van der Waals surface area contributed by atoms with Crippen LogP contribution in [0.25, 0.3) is 0 Å². The zero-order chi connectivity index (χ0) is 9.56. The van der Waals surface area contributed by atoms with Crippen LogP contribution in [0.1, 0.15) is 13.3 Å². The van der Waals surface area contributed by atoms with Crippen molar-refractivity contribution in [1.29, 1.82) is 0 Å². The molecule has 4 nitrogen and oxygen atoms in total. The van der Waals surface area contributed by atoms with Gasteiger partial charge in [0, 0.05) is 0 Å². The Morgan fingerprint density at radius 3 is 2.50 bits per heavy atom. The van der Waals surface area contributed by atoms with Crippen molar-refractivity contribution in [3.8, 4) is 0 Å². The van der Waals surface area contributed by atoms with E-state index in [1.54, 1.807) is 0 Å². The third-order valence-electron chi connectivity index (χ3n) is 1.10. The molecule has 0 aromatic rings. The summed E-state index contributed by atoms with van der Waals surface area (Å²) in [5.74, 6) is -0.939. The molecule has 0 rings (SSSR count). The predicted molar refractivity (Wildman–Crippen MR) is 42.9 cm³/mol. The lowest BCUT2D eigenvalue weighted by Crippen LogP contribution is -2.16. The summed E-state index contributed by atoms with van der Waals surface area (Å²) < 4.78 is 8.93. The van der Waals surface area contributed by atoms with Crippen molar-refractivity contribution < 1.29 is 19.1 Å². The average Bonchev–Trinajstić information content (AvgIpc) is 2.03. The van der Waals surface area contributed by atoms with Gasteiger partial charge in [-0.25, -0.2) is 0 Å². The molecule has 0 bridgehead atoms. The fourth-order valence-corrected chi connectivity index (χ4v) is 0.515. The number of hydrogen-bond acceptors (Lipinski definition) is 4. The van der Waals surface area contributed by atoms with Gasteiger partial charge in [0.25, 0.3) is 0 Å². The van der Waals surface area contributed by atoms with Crippen molar-refractivity contribution in [2.24, 2.45) is 0 Å². The van der Waals surface area contributed by atoms with Crippen LogP contribution in [0, 0.1) is 0 Å². The van der Waals surface area contributed by atoms with E-state index >= 15 is 0 Å². The van der Waals surface area contributed by atoms with Crippen LogP contribution >= 0.6 is 11.6 Å². The molecule has 0 saturated carbocycles. The molecule has 0 fully saturated rings. The Kier molecular flexibility index (Phi) is 5.45. The average molecular weight is 195 g/mol. The zero-order valence-corrected chi connectivity index (χ0v) is 7.76. The Bertz CT molecular complexity index is 167. The molecule has 0 aromatic heterocycles. The second kappa shape index (κ2) is 5.83. The molecule has 0 amide bonds.